The Morgan fingerprint density at radius 2 is 1.55 bits per heavy atom. The number of aliphatic hydroxyl groups excluding tert-OH is 1. The summed E-state index contributed by atoms with van der Waals surface area (Å²) in [4.78, 5) is 21.6. The van der Waals surface area contributed by atoms with Crippen molar-refractivity contribution >= 4 is 18.1 Å². The lowest BCUT2D eigenvalue weighted by Crippen LogP contribution is -2.41. The Balaban J connectivity index is 0.000000979. The van der Waals surface area contributed by atoms with Crippen LogP contribution in [-0.4, -0.2) is 55.6 Å². The van der Waals surface area contributed by atoms with Crippen LogP contribution in [0.25, 0.3) is 0 Å². The monoisotopic (exact) mass is 611 g/mol. The van der Waals surface area contributed by atoms with E-state index in [-0.39, 0.29) is 30.2 Å². The van der Waals surface area contributed by atoms with Crippen LogP contribution in [-0.2, 0) is 4.79 Å². The Morgan fingerprint density at radius 1 is 0.952 bits per heavy atom. The number of ether oxygens (including phenoxy) is 3. The smallest absolute Gasteiger partial charge is 0.490 e. The third-order valence-corrected chi connectivity index (χ3v) is 5.35. The quantitative estimate of drug-likeness (QED) is 0.156. The van der Waals surface area contributed by atoms with E-state index in [0.717, 1.165) is 12.1 Å². The lowest BCUT2D eigenvalue weighted by atomic mass is 9.93. The first-order chi connectivity index (χ1) is 19.8. The van der Waals surface area contributed by atoms with Gasteiger partial charge in [-0.15, -0.1) is 26.3 Å². The maximum Gasteiger partial charge on any atom is 0.573 e. The van der Waals surface area contributed by atoms with E-state index in [9.17, 15) is 35.9 Å². The number of aryl methyl sites for hydroxylation is 1. The van der Waals surface area contributed by atoms with Gasteiger partial charge in [0.2, 0.25) is 6.41 Å². The van der Waals surface area contributed by atoms with Crippen molar-refractivity contribution in [2.24, 2.45) is 0 Å². The van der Waals surface area contributed by atoms with Gasteiger partial charge in [0.05, 0.1) is 12.7 Å². The number of urea groups is 1. The molecule has 0 atom stereocenters. The summed E-state index contributed by atoms with van der Waals surface area (Å²) in [6.45, 7) is 5.98. The average molecular weight is 612 g/mol. The Hall–Kier alpha value is -3.88. The number of hydrogen-bond donors (Lipinski definition) is 4. The highest BCUT2D eigenvalue weighted by molar-refractivity contribution is 5.89. The molecule has 1 saturated carbocycles. The molecule has 0 spiro atoms. The summed E-state index contributed by atoms with van der Waals surface area (Å²) in [5.41, 5.74) is 0.641. The van der Waals surface area contributed by atoms with Crippen molar-refractivity contribution in [3.63, 3.8) is 0 Å². The Labute approximate surface area is 239 Å². The molecular formula is C27H35F6N3O6. The van der Waals surface area contributed by atoms with Gasteiger partial charge in [-0.3, -0.25) is 4.79 Å². The molecule has 0 aromatic heterocycles. The molecule has 1 aliphatic rings. The number of nitrogens with one attached hydrogen (secondary N) is 3. The van der Waals surface area contributed by atoms with E-state index in [4.69, 9.17) is 9.84 Å². The first kappa shape index (κ1) is 36.1. The predicted octanol–water partition coefficient (Wildman–Crippen LogP) is 6.05. The second-order valence-electron chi connectivity index (χ2n) is 8.54. The fourth-order valence-corrected chi connectivity index (χ4v) is 3.70. The lowest BCUT2D eigenvalue weighted by molar-refractivity contribution is -0.275. The van der Waals surface area contributed by atoms with Crippen molar-refractivity contribution in [2.75, 3.05) is 18.5 Å². The molecule has 2 aromatic rings. The Morgan fingerprint density at radius 3 is 2.05 bits per heavy atom. The maximum atomic E-state index is 12.3. The maximum absolute atomic E-state index is 12.3. The van der Waals surface area contributed by atoms with Crippen molar-refractivity contribution in [1.82, 2.24) is 10.6 Å². The van der Waals surface area contributed by atoms with Crippen LogP contribution in [0.1, 0.15) is 45.1 Å². The number of carbonyl (C=O) groups excluding carboxylic acids is 2. The van der Waals surface area contributed by atoms with E-state index in [1.807, 2.05) is 13.8 Å². The van der Waals surface area contributed by atoms with Crippen LogP contribution in [0.5, 0.6) is 17.2 Å². The van der Waals surface area contributed by atoms with Gasteiger partial charge in [0.15, 0.2) is 0 Å². The topological polar surface area (TPSA) is 118 Å². The minimum atomic E-state index is -4.83. The van der Waals surface area contributed by atoms with Crippen LogP contribution < -0.4 is 30.2 Å². The number of rotatable bonds is 9. The molecule has 1 fully saturated rings. The average Bonchev–Trinajstić information content (AvgIpc) is 2.90. The number of hydrogen-bond acceptors (Lipinski definition) is 6. The highest BCUT2D eigenvalue weighted by Gasteiger charge is 2.32. The van der Waals surface area contributed by atoms with Crippen molar-refractivity contribution in [1.29, 1.82) is 0 Å². The van der Waals surface area contributed by atoms with Gasteiger partial charge in [0.25, 0.3) is 0 Å². The third kappa shape index (κ3) is 15.2. The number of amides is 3. The molecular weight excluding hydrogens is 576 g/mol. The van der Waals surface area contributed by atoms with Crippen LogP contribution in [0, 0.1) is 6.92 Å². The van der Waals surface area contributed by atoms with Gasteiger partial charge in [0, 0.05) is 24.3 Å². The molecule has 15 heteroatoms. The summed E-state index contributed by atoms with van der Waals surface area (Å²) in [5, 5.41) is 15.5. The minimum Gasteiger partial charge on any atom is -0.490 e. The second kappa shape index (κ2) is 17.8. The van der Waals surface area contributed by atoms with E-state index in [0.29, 0.717) is 50.0 Å². The van der Waals surface area contributed by atoms with Crippen molar-refractivity contribution in [2.45, 2.75) is 71.3 Å². The van der Waals surface area contributed by atoms with Gasteiger partial charge in [-0.2, -0.15) is 0 Å². The van der Waals surface area contributed by atoms with Gasteiger partial charge < -0.3 is 35.3 Å². The van der Waals surface area contributed by atoms with Crippen molar-refractivity contribution < 1.29 is 55.2 Å². The van der Waals surface area contributed by atoms with Crippen LogP contribution in [0.2, 0.25) is 0 Å². The normalized spacial score (nSPS) is 16.3. The summed E-state index contributed by atoms with van der Waals surface area (Å²) >= 11 is 0. The van der Waals surface area contributed by atoms with Gasteiger partial charge >= 0.3 is 18.8 Å². The largest absolute Gasteiger partial charge is 0.573 e. The highest BCUT2D eigenvalue weighted by atomic mass is 19.4. The number of anilines is 1. The number of halogens is 6. The first-order valence-electron chi connectivity index (χ1n) is 13.0. The van der Waals surface area contributed by atoms with Gasteiger partial charge in [-0.25, -0.2) is 4.79 Å². The molecule has 3 amide bonds. The summed E-state index contributed by atoms with van der Waals surface area (Å²) in [6, 6.07) is 8.05. The number of benzene rings is 2. The molecule has 2 aromatic carbocycles. The number of carbonyl (C=O) groups is 2. The molecule has 9 nitrogen and oxygen atoms in total. The summed E-state index contributed by atoms with van der Waals surface area (Å²) in [6.07, 6.45) is -6.86. The standard InChI is InChI=1S/C22H22F6N2O4.C3H7NO2.C2H6/c1-13-11-18(34-22(26,27)28)9-10-19(13)32-16-7-5-14(6-8-16)29-20(31)30-15-3-2-4-17(12-15)33-21(23,24)25;5-2-1-4-3-6;1-2/h2-4,9-12,14,16H,5-8H2,1H3,(H2,29,30,31);3,5H,1-2H2,(H,4,6);1-2H3. The molecule has 0 radical (unpaired) electrons. The first-order valence-corrected chi connectivity index (χ1v) is 13.0. The summed E-state index contributed by atoms with van der Waals surface area (Å²) in [5.74, 6) is -0.326. The molecule has 0 saturated heterocycles. The van der Waals surface area contributed by atoms with Crippen LogP contribution in [0.4, 0.5) is 36.8 Å². The minimum absolute atomic E-state index is 0.0126. The van der Waals surface area contributed by atoms with Gasteiger partial charge in [-0.1, -0.05) is 19.9 Å². The summed E-state index contributed by atoms with van der Waals surface area (Å²) < 4.78 is 87.6. The zero-order chi connectivity index (χ0) is 31.8. The van der Waals surface area contributed by atoms with Gasteiger partial charge in [-0.05, 0) is 68.5 Å². The fourth-order valence-electron chi connectivity index (χ4n) is 3.70. The number of alkyl halides is 6. The van der Waals surface area contributed by atoms with E-state index < -0.39 is 24.5 Å². The van der Waals surface area contributed by atoms with Crippen molar-refractivity contribution in [3.8, 4) is 17.2 Å². The van der Waals surface area contributed by atoms with E-state index in [1.54, 1.807) is 6.92 Å². The lowest BCUT2D eigenvalue weighted by Gasteiger charge is -2.30. The highest BCUT2D eigenvalue weighted by Crippen LogP contribution is 2.31. The molecule has 1 aliphatic carbocycles. The summed E-state index contributed by atoms with van der Waals surface area (Å²) in [7, 11) is 0. The third-order valence-electron chi connectivity index (χ3n) is 5.35. The zero-order valence-corrected chi connectivity index (χ0v) is 23.3. The number of aliphatic hydroxyl groups is 1. The SMILES string of the molecule is CC.Cc1cc(OC(F)(F)F)ccc1OC1CCC(NC(=O)Nc2cccc(OC(F)(F)F)c2)CC1.O=CNCCO. The van der Waals surface area contributed by atoms with Crippen LogP contribution in [0.3, 0.4) is 0 Å². The molecule has 0 heterocycles. The molecule has 3 rings (SSSR count). The predicted molar refractivity (Wildman–Crippen MR) is 142 cm³/mol. The molecule has 4 N–H and O–H groups in total. The fraction of sp³-hybridized carbons (Fsp3) is 0.481. The van der Waals surface area contributed by atoms with Crippen LogP contribution in [0.15, 0.2) is 42.5 Å². The van der Waals surface area contributed by atoms with E-state index >= 15 is 0 Å². The Bertz CT molecular complexity index is 1090. The Kier molecular flexibility index (Phi) is 15.3. The molecule has 236 valence electrons. The zero-order valence-electron chi connectivity index (χ0n) is 23.3. The van der Waals surface area contributed by atoms with Crippen LogP contribution >= 0.6 is 0 Å². The molecule has 0 unspecified atom stereocenters. The molecule has 0 bridgehead atoms. The molecule has 42 heavy (non-hydrogen) atoms. The van der Waals surface area contributed by atoms with E-state index in [2.05, 4.69) is 25.4 Å². The second-order valence-corrected chi connectivity index (χ2v) is 8.54. The van der Waals surface area contributed by atoms with E-state index in [1.165, 1.54) is 30.3 Å². The van der Waals surface area contributed by atoms with Gasteiger partial charge in [0.1, 0.15) is 17.2 Å². The van der Waals surface area contributed by atoms with Crippen molar-refractivity contribution in [3.05, 3.63) is 48.0 Å². The molecule has 0 aliphatic heterocycles.